The van der Waals surface area contributed by atoms with Gasteiger partial charge in [0.15, 0.2) is 0 Å². The van der Waals surface area contributed by atoms with Crippen molar-refractivity contribution >= 4 is 28.9 Å². The average Bonchev–Trinajstić information content (AvgIpc) is 2.94. The highest BCUT2D eigenvalue weighted by Gasteiger charge is 2.20. The molecule has 1 amide bonds. The van der Waals surface area contributed by atoms with E-state index in [9.17, 15) is 4.79 Å². The van der Waals surface area contributed by atoms with Crippen LogP contribution in [0.3, 0.4) is 0 Å². The highest BCUT2D eigenvalue weighted by atomic mass is 16.6. The van der Waals surface area contributed by atoms with Crippen LogP contribution in [0.1, 0.15) is 30.9 Å². The van der Waals surface area contributed by atoms with E-state index >= 15 is 0 Å². The lowest BCUT2D eigenvalue weighted by atomic mass is 10.0. The molecule has 0 aliphatic rings. The molecule has 4 aromatic carbocycles. The van der Waals surface area contributed by atoms with E-state index in [1.807, 2.05) is 84.9 Å². The van der Waals surface area contributed by atoms with Crippen LogP contribution in [-0.2, 0) is 4.74 Å². The van der Waals surface area contributed by atoms with E-state index in [4.69, 9.17) is 14.5 Å². The lowest BCUT2D eigenvalue weighted by Gasteiger charge is -2.23. The number of unbranched alkanes of at least 4 members (excludes halogenated alkanes) is 1. The van der Waals surface area contributed by atoms with Crippen LogP contribution in [0.5, 0.6) is 5.75 Å². The third-order valence-corrected chi connectivity index (χ3v) is 5.68. The predicted molar refractivity (Wildman–Crippen MR) is 146 cm³/mol. The highest BCUT2D eigenvalue weighted by Crippen LogP contribution is 2.30. The molecule has 0 radical (unpaired) electrons. The van der Waals surface area contributed by atoms with Crippen molar-refractivity contribution in [2.45, 2.75) is 19.8 Å². The Labute approximate surface area is 212 Å². The molecule has 0 aliphatic carbocycles. The molecule has 0 atom stereocenters. The maximum absolute atomic E-state index is 13.1. The van der Waals surface area contributed by atoms with E-state index in [2.05, 4.69) is 31.2 Å². The molecule has 36 heavy (non-hydrogen) atoms. The standard InChI is InChI=1S/C31H30N2O3/c1-3-4-23-36-31(34)33(28-19-21-29(35-2)22-20-28)27-17-15-26(16-18-27)32-30(24-11-7-5-8-12-24)25-13-9-6-10-14-25/h5-22H,3-4,23H2,1-2H3. The molecule has 0 aliphatic heterocycles. The summed E-state index contributed by atoms with van der Waals surface area (Å²) in [6, 6.07) is 35.2. The zero-order chi connectivity index (χ0) is 25.2. The molecule has 0 saturated carbocycles. The maximum Gasteiger partial charge on any atom is 0.418 e. The van der Waals surface area contributed by atoms with Gasteiger partial charge in [-0.05, 0) is 55.0 Å². The van der Waals surface area contributed by atoms with Gasteiger partial charge in [-0.2, -0.15) is 0 Å². The predicted octanol–water partition coefficient (Wildman–Crippen LogP) is 7.94. The first kappa shape index (κ1) is 24.7. The van der Waals surface area contributed by atoms with E-state index in [1.165, 1.54) is 0 Å². The zero-order valence-electron chi connectivity index (χ0n) is 20.6. The molecule has 0 N–H and O–H groups in total. The highest BCUT2D eigenvalue weighted by molar-refractivity contribution is 6.14. The quantitative estimate of drug-likeness (QED) is 0.181. The van der Waals surface area contributed by atoms with E-state index in [0.717, 1.165) is 41.1 Å². The Morgan fingerprint density at radius 2 is 1.28 bits per heavy atom. The minimum Gasteiger partial charge on any atom is -0.497 e. The van der Waals surface area contributed by atoms with Crippen molar-refractivity contribution in [1.29, 1.82) is 0 Å². The van der Waals surface area contributed by atoms with Gasteiger partial charge in [-0.25, -0.2) is 14.7 Å². The molecule has 0 spiro atoms. The largest absolute Gasteiger partial charge is 0.497 e. The Balaban J connectivity index is 1.67. The number of ether oxygens (including phenoxy) is 2. The Morgan fingerprint density at radius 3 is 1.78 bits per heavy atom. The SMILES string of the molecule is CCCCOC(=O)N(c1ccc(N=C(c2ccccc2)c2ccccc2)cc1)c1ccc(OC)cc1. The maximum atomic E-state index is 13.1. The molecular formula is C31H30N2O3. The first-order chi connectivity index (χ1) is 17.7. The van der Waals surface area contributed by atoms with Gasteiger partial charge < -0.3 is 9.47 Å². The second-order valence-corrected chi connectivity index (χ2v) is 8.21. The smallest absolute Gasteiger partial charge is 0.418 e. The second-order valence-electron chi connectivity index (χ2n) is 8.21. The number of anilines is 2. The van der Waals surface area contributed by atoms with E-state index in [1.54, 1.807) is 12.0 Å². The van der Waals surface area contributed by atoms with Crippen molar-refractivity contribution < 1.29 is 14.3 Å². The molecule has 0 saturated heterocycles. The average molecular weight is 479 g/mol. The lowest BCUT2D eigenvalue weighted by molar-refractivity contribution is 0.155. The van der Waals surface area contributed by atoms with Gasteiger partial charge in [0.05, 0.1) is 36.5 Å². The van der Waals surface area contributed by atoms with Crippen LogP contribution in [0, 0.1) is 0 Å². The summed E-state index contributed by atoms with van der Waals surface area (Å²) in [5.41, 5.74) is 5.13. The van der Waals surface area contributed by atoms with Crippen LogP contribution in [0.15, 0.2) is 114 Å². The van der Waals surface area contributed by atoms with Crippen LogP contribution in [0.4, 0.5) is 21.9 Å². The summed E-state index contributed by atoms with van der Waals surface area (Å²) in [6.07, 6.45) is 1.35. The first-order valence-electron chi connectivity index (χ1n) is 12.1. The third kappa shape index (κ3) is 6.19. The summed E-state index contributed by atoms with van der Waals surface area (Å²) in [5.74, 6) is 0.720. The van der Waals surface area contributed by atoms with Gasteiger partial charge in [-0.3, -0.25) is 0 Å². The Bertz CT molecular complexity index is 1230. The normalized spacial score (nSPS) is 10.4. The van der Waals surface area contributed by atoms with Crippen molar-refractivity contribution in [2.24, 2.45) is 4.99 Å². The van der Waals surface area contributed by atoms with Crippen molar-refractivity contribution in [2.75, 3.05) is 18.6 Å². The number of carbonyl (C=O) groups excluding carboxylic acids is 1. The minimum atomic E-state index is -0.417. The molecule has 0 unspecified atom stereocenters. The van der Waals surface area contributed by atoms with Crippen LogP contribution in [0.25, 0.3) is 0 Å². The topological polar surface area (TPSA) is 51.1 Å². The molecule has 5 nitrogen and oxygen atoms in total. The van der Waals surface area contributed by atoms with Crippen LogP contribution in [-0.4, -0.2) is 25.5 Å². The lowest BCUT2D eigenvalue weighted by Crippen LogP contribution is -2.27. The van der Waals surface area contributed by atoms with Crippen molar-refractivity contribution in [3.8, 4) is 5.75 Å². The van der Waals surface area contributed by atoms with Gasteiger partial charge in [-0.15, -0.1) is 0 Å². The number of hydrogen-bond donors (Lipinski definition) is 0. The molecule has 5 heteroatoms. The number of hydrogen-bond acceptors (Lipinski definition) is 4. The number of nitrogens with zero attached hydrogens (tertiary/aromatic N) is 2. The van der Waals surface area contributed by atoms with E-state index in [0.29, 0.717) is 18.0 Å². The fraction of sp³-hybridized carbons (Fsp3) is 0.161. The van der Waals surface area contributed by atoms with Crippen LogP contribution in [0.2, 0.25) is 0 Å². The van der Waals surface area contributed by atoms with Crippen molar-refractivity contribution in [1.82, 2.24) is 0 Å². The van der Waals surface area contributed by atoms with E-state index in [-0.39, 0.29) is 0 Å². The first-order valence-corrected chi connectivity index (χ1v) is 12.1. The van der Waals surface area contributed by atoms with Gasteiger partial charge in [0.25, 0.3) is 0 Å². The monoisotopic (exact) mass is 478 g/mol. The zero-order valence-corrected chi connectivity index (χ0v) is 20.6. The van der Waals surface area contributed by atoms with Crippen molar-refractivity contribution in [3.63, 3.8) is 0 Å². The molecule has 182 valence electrons. The molecular weight excluding hydrogens is 448 g/mol. The molecule has 0 heterocycles. The number of methoxy groups -OCH3 is 1. The van der Waals surface area contributed by atoms with Crippen LogP contribution >= 0.6 is 0 Å². The van der Waals surface area contributed by atoms with Gasteiger partial charge in [-0.1, -0.05) is 74.0 Å². The Morgan fingerprint density at radius 1 is 0.750 bits per heavy atom. The number of rotatable bonds is 9. The number of carbonyl (C=O) groups is 1. The summed E-state index contributed by atoms with van der Waals surface area (Å²) < 4.78 is 10.8. The molecule has 4 aromatic rings. The van der Waals surface area contributed by atoms with Crippen molar-refractivity contribution in [3.05, 3.63) is 120 Å². The van der Waals surface area contributed by atoms with Crippen LogP contribution < -0.4 is 9.64 Å². The third-order valence-electron chi connectivity index (χ3n) is 5.68. The van der Waals surface area contributed by atoms with Gasteiger partial charge >= 0.3 is 6.09 Å². The molecule has 0 bridgehead atoms. The summed E-state index contributed by atoms with van der Waals surface area (Å²) >= 11 is 0. The minimum absolute atomic E-state index is 0.377. The fourth-order valence-corrected chi connectivity index (χ4v) is 3.75. The van der Waals surface area contributed by atoms with Gasteiger partial charge in [0.2, 0.25) is 0 Å². The van der Waals surface area contributed by atoms with E-state index < -0.39 is 6.09 Å². The summed E-state index contributed by atoms with van der Waals surface area (Å²) in [4.78, 5) is 19.6. The number of aliphatic imine (C=N–C) groups is 1. The fourth-order valence-electron chi connectivity index (χ4n) is 3.75. The van der Waals surface area contributed by atoms with Gasteiger partial charge in [0.1, 0.15) is 5.75 Å². The Hall–Kier alpha value is -4.38. The number of benzene rings is 4. The molecule has 4 rings (SSSR count). The van der Waals surface area contributed by atoms with Gasteiger partial charge in [0, 0.05) is 11.1 Å². The summed E-state index contributed by atoms with van der Waals surface area (Å²) in [5, 5.41) is 0. The summed E-state index contributed by atoms with van der Waals surface area (Å²) in [6.45, 7) is 2.44. The number of amides is 1. The Kier molecular flexibility index (Phi) is 8.49. The molecule has 0 fully saturated rings. The summed E-state index contributed by atoms with van der Waals surface area (Å²) in [7, 11) is 1.62. The molecule has 0 aromatic heterocycles. The second kappa shape index (κ2) is 12.4.